The summed E-state index contributed by atoms with van der Waals surface area (Å²) in [5.74, 6) is -0.112. The number of rotatable bonds is 8. The summed E-state index contributed by atoms with van der Waals surface area (Å²) in [4.78, 5) is 29.2. The van der Waals surface area contributed by atoms with E-state index in [2.05, 4.69) is 30.6 Å². The fourth-order valence-electron chi connectivity index (χ4n) is 3.38. The summed E-state index contributed by atoms with van der Waals surface area (Å²) in [7, 11) is 0. The molecule has 1 amide bonds. The molecular formula is C23H25FN6O2. The van der Waals surface area contributed by atoms with Gasteiger partial charge in [-0.2, -0.15) is 0 Å². The summed E-state index contributed by atoms with van der Waals surface area (Å²) >= 11 is 0. The zero-order valence-corrected chi connectivity index (χ0v) is 17.9. The van der Waals surface area contributed by atoms with Crippen LogP contribution in [0.4, 0.5) is 21.7 Å². The Morgan fingerprint density at radius 2 is 2.09 bits per heavy atom. The van der Waals surface area contributed by atoms with Crippen LogP contribution < -0.4 is 10.6 Å². The molecule has 9 heteroatoms. The third-order valence-corrected chi connectivity index (χ3v) is 5.34. The summed E-state index contributed by atoms with van der Waals surface area (Å²) in [5, 5.41) is 16.1. The van der Waals surface area contributed by atoms with Gasteiger partial charge in [0.15, 0.2) is 0 Å². The van der Waals surface area contributed by atoms with Crippen molar-refractivity contribution in [3.8, 4) is 11.3 Å². The van der Waals surface area contributed by atoms with Crippen molar-refractivity contribution in [2.75, 3.05) is 10.6 Å². The molecular weight excluding hydrogens is 411 g/mol. The standard InChI is InChI=1S/C23H25FN6O2/c1-3-5-20(31)18-8-13(2)19(11-26-18)29-22-14(6-4-7-25-22)17-10-21(28-12-27-17)30-23(32)15-9-16(15)24/h4,6-8,10-12,15-16,20,31H,3,5,9H2,1-2H3,(H,25,29)(H,27,28,30,32)/t15-,16+,20+/m0/s1. The average Bonchev–Trinajstić information content (AvgIpc) is 3.52. The molecule has 3 heterocycles. The first-order valence-electron chi connectivity index (χ1n) is 10.6. The first-order chi connectivity index (χ1) is 15.5. The molecule has 1 aliphatic carbocycles. The molecule has 0 spiro atoms. The largest absolute Gasteiger partial charge is 0.387 e. The monoisotopic (exact) mass is 436 g/mol. The van der Waals surface area contributed by atoms with Gasteiger partial charge in [0.1, 0.15) is 24.1 Å². The number of halogens is 1. The molecule has 0 bridgehead atoms. The van der Waals surface area contributed by atoms with Crippen molar-refractivity contribution in [1.29, 1.82) is 0 Å². The number of pyridine rings is 2. The quantitative estimate of drug-likeness (QED) is 0.487. The van der Waals surface area contributed by atoms with E-state index in [1.54, 1.807) is 24.5 Å². The van der Waals surface area contributed by atoms with E-state index in [1.165, 1.54) is 6.33 Å². The first-order valence-corrected chi connectivity index (χ1v) is 10.6. The normalized spacial score (nSPS) is 18.1. The average molecular weight is 436 g/mol. The Morgan fingerprint density at radius 1 is 1.28 bits per heavy atom. The van der Waals surface area contributed by atoms with Crippen LogP contribution in [-0.2, 0) is 4.79 Å². The van der Waals surface area contributed by atoms with Crippen LogP contribution in [0, 0.1) is 12.8 Å². The van der Waals surface area contributed by atoms with Crippen molar-refractivity contribution in [3.63, 3.8) is 0 Å². The van der Waals surface area contributed by atoms with E-state index in [1.807, 2.05) is 26.0 Å². The highest BCUT2D eigenvalue weighted by molar-refractivity contribution is 5.94. The van der Waals surface area contributed by atoms with E-state index in [0.717, 1.165) is 17.7 Å². The SMILES string of the molecule is CCC[C@@H](O)c1cc(C)c(Nc2ncccc2-c2cc(NC(=O)[C@H]3C[C@H]3F)ncn2)cn1. The number of carbonyl (C=O) groups excluding carboxylic acids is 1. The number of aryl methyl sites for hydroxylation is 1. The molecule has 3 aromatic heterocycles. The Morgan fingerprint density at radius 3 is 2.81 bits per heavy atom. The third kappa shape index (κ3) is 4.88. The molecule has 0 aliphatic heterocycles. The van der Waals surface area contributed by atoms with Gasteiger partial charge < -0.3 is 15.7 Å². The molecule has 0 saturated heterocycles. The topological polar surface area (TPSA) is 113 Å². The third-order valence-electron chi connectivity index (χ3n) is 5.34. The van der Waals surface area contributed by atoms with Gasteiger partial charge in [-0.1, -0.05) is 13.3 Å². The highest BCUT2D eigenvalue weighted by Crippen LogP contribution is 2.35. The van der Waals surface area contributed by atoms with Crippen molar-refractivity contribution in [1.82, 2.24) is 19.9 Å². The molecule has 3 N–H and O–H groups in total. The molecule has 3 aromatic rings. The van der Waals surface area contributed by atoms with Gasteiger partial charge in [0.25, 0.3) is 0 Å². The second kappa shape index (κ2) is 9.35. The van der Waals surface area contributed by atoms with Crippen LogP contribution in [0.15, 0.2) is 43.0 Å². The lowest BCUT2D eigenvalue weighted by Gasteiger charge is -2.15. The molecule has 0 radical (unpaired) electrons. The minimum Gasteiger partial charge on any atom is -0.387 e. The van der Waals surface area contributed by atoms with Crippen molar-refractivity contribution in [2.24, 2.45) is 5.92 Å². The number of aromatic nitrogens is 4. The van der Waals surface area contributed by atoms with Crippen LogP contribution in [0.5, 0.6) is 0 Å². The highest BCUT2D eigenvalue weighted by atomic mass is 19.1. The molecule has 166 valence electrons. The Labute approximate surface area is 185 Å². The van der Waals surface area contributed by atoms with Gasteiger partial charge in [-0.25, -0.2) is 19.3 Å². The summed E-state index contributed by atoms with van der Waals surface area (Å²) < 4.78 is 13.1. The van der Waals surface area contributed by atoms with E-state index in [4.69, 9.17) is 0 Å². The number of amides is 1. The lowest BCUT2D eigenvalue weighted by molar-refractivity contribution is -0.117. The van der Waals surface area contributed by atoms with Crippen molar-refractivity contribution < 1.29 is 14.3 Å². The fraction of sp³-hybridized carbons (Fsp3) is 0.348. The number of hydrogen-bond acceptors (Lipinski definition) is 7. The summed E-state index contributed by atoms with van der Waals surface area (Å²) in [6.45, 7) is 3.95. The molecule has 0 aromatic carbocycles. The first kappa shape index (κ1) is 21.8. The number of hydrogen-bond donors (Lipinski definition) is 3. The van der Waals surface area contributed by atoms with Crippen LogP contribution in [0.1, 0.15) is 43.5 Å². The van der Waals surface area contributed by atoms with Crippen LogP contribution in [0.2, 0.25) is 0 Å². The number of carbonyl (C=O) groups is 1. The minimum absolute atomic E-state index is 0.252. The summed E-state index contributed by atoms with van der Waals surface area (Å²) in [6, 6.07) is 7.13. The number of nitrogens with zero attached hydrogens (tertiary/aromatic N) is 4. The maximum atomic E-state index is 13.1. The van der Waals surface area contributed by atoms with Crippen LogP contribution in [0.25, 0.3) is 11.3 Å². The Kier molecular flexibility index (Phi) is 6.36. The predicted molar refractivity (Wildman–Crippen MR) is 119 cm³/mol. The summed E-state index contributed by atoms with van der Waals surface area (Å²) in [5.41, 5.74) is 3.57. The molecule has 32 heavy (non-hydrogen) atoms. The van der Waals surface area contributed by atoms with Crippen molar-refractivity contribution in [3.05, 3.63) is 54.2 Å². The van der Waals surface area contributed by atoms with E-state index in [9.17, 15) is 14.3 Å². The van der Waals surface area contributed by atoms with Crippen LogP contribution in [-0.4, -0.2) is 37.1 Å². The second-order valence-electron chi connectivity index (χ2n) is 7.89. The predicted octanol–water partition coefficient (Wildman–Crippen LogP) is 4.12. The number of aliphatic hydroxyl groups excluding tert-OH is 1. The second-order valence-corrected chi connectivity index (χ2v) is 7.89. The smallest absolute Gasteiger partial charge is 0.231 e. The molecule has 4 rings (SSSR count). The fourth-order valence-corrected chi connectivity index (χ4v) is 3.38. The van der Waals surface area contributed by atoms with E-state index >= 15 is 0 Å². The lowest BCUT2D eigenvalue weighted by Crippen LogP contribution is -2.16. The van der Waals surface area contributed by atoms with Crippen molar-refractivity contribution >= 4 is 23.2 Å². The van der Waals surface area contributed by atoms with Gasteiger partial charge in [0.2, 0.25) is 5.91 Å². The molecule has 1 aliphatic rings. The van der Waals surface area contributed by atoms with Gasteiger partial charge in [0, 0.05) is 17.8 Å². The zero-order valence-electron chi connectivity index (χ0n) is 17.9. The minimum atomic E-state index is -1.07. The Bertz CT molecular complexity index is 1130. The van der Waals surface area contributed by atoms with Gasteiger partial charge in [-0.05, 0) is 43.5 Å². The maximum Gasteiger partial charge on any atom is 0.231 e. The van der Waals surface area contributed by atoms with Crippen LogP contribution >= 0.6 is 0 Å². The molecule has 8 nitrogen and oxygen atoms in total. The van der Waals surface area contributed by atoms with Gasteiger partial charge in [0.05, 0.1) is 35.3 Å². The highest BCUT2D eigenvalue weighted by Gasteiger charge is 2.43. The van der Waals surface area contributed by atoms with Gasteiger partial charge in [-0.15, -0.1) is 0 Å². The Hall–Kier alpha value is -3.46. The molecule has 1 saturated carbocycles. The van der Waals surface area contributed by atoms with E-state index in [0.29, 0.717) is 35.0 Å². The molecule has 0 unspecified atom stereocenters. The van der Waals surface area contributed by atoms with E-state index in [-0.39, 0.29) is 12.3 Å². The number of alkyl halides is 1. The number of nitrogens with one attached hydrogen (secondary N) is 2. The zero-order chi connectivity index (χ0) is 22.7. The Balaban J connectivity index is 1.56. The van der Waals surface area contributed by atoms with Gasteiger partial charge in [-0.3, -0.25) is 9.78 Å². The maximum absolute atomic E-state index is 13.1. The van der Waals surface area contributed by atoms with Gasteiger partial charge >= 0.3 is 0 Å². The van der Waals surface area contributed by atoms with Crippen molar-refractivity contribution in [2.45, 2.75) is 45.4 Å². The summed E-state index contributed by atoms with van der Waals surface area (Å²) in [6.07, 6.45) is 4.80. The van der Waals surface area contributed by atoms with E-state index < -0.39 is 18.2 Å². The number of aliphatic hydroxyl groups is 1. The number of anilines is 3. The van der Waals surface area contributed by atoms with Crippen LogP contribution in [0.3, 0.4) is 0 Å². The lowest BCUT2D eigenvalue weighted by atomic mass is 10.1. The molecule has 1 fully saturated rings. The molecule has 3 atom stereocenters.